The van der Waals surface area contributed by atoms with Crippen LogP contribution in [0.5, 0.6) is 0 Å². The van der Waals surface area contributed by atoms with E-state index in [-0.39, 0.29) is 29.4 Å². The van der Waals surface area contributed by atoms with Crippen molar-refractivity contribution < 1.29 is 4.42 Å². The standard InChI is InChI=1S/C18H22ClN5OS.HI/c1-18(2,3)14-8-21-15(25-14)9-22-17(20-4)23-10-16-24-12-7-11(19)5-6-13(12)26-16;/h5-8H,9-10H2,1-4H3,(H2,20,22,23);1H. The summed E-state index contributed by atoms with van der Waals surface area (Å²) in [6.45, 7) is 7.32. The van der Waals surface area contributed by atoms with Crippen LogP contribution in [-0.2, 0) is 18.5 Å². The molecule has 9 heteroatoms. The molecule has 0 saturated carbocycles. The Bertz CT molecular complexity index is 931. The number of nitrogens with one attached hydrogen (secondary N) is 2. The Balaban J connectivity index is 0.00000261. The van der Waals surface area contributed by atoms with Crippen LogP contribution >= 0.6 is 46.9 Å². The van der Waals surface area contributed by atoms with Gasteiger partial charge in [-0.1, -0.05) is 32.4 Å². The third kappa shape index (κ3) is 5.79. The molecule has 1 aromatic carbocycles. The summed E-state index contributed by atoms with van der Waals surface area (Å²) in [5, 5.41) is 8.12. The van der Waals surface area contributed by atoms with Crippen molar-refractivity contribution in [1.82, 2.24) is 20.6 Å². The zero-order valence-electron chi connectivity index (χ0n) is 15.7. The summed E-state index contributed by atoms with van der Waals surface area (Å²) >= 11 is 7.65. The lowest BCUT2D eigenvalue weighted by Gasteiger charge is -2.13. The molecule has 2 heterocycles. The molecule has 6 nitrogen and oxygen atoms in total. The number of benzene rings is 1. The summed E-state index contributed by atoms with van der Waals surface area (Å²) < 4.78 is 6.89. The molecule has 0 saturated heterocycles. The minimum atomic E-state index is -0.0546. The van der Waals surface area contributed by atoms with Crippen molar-refractivity contribution in [2.24, 2.45) is 4.99 Å². The summed E-state index contributed by atoms with van der Waals surface area (Å²) in [6, 6.07) is 5.74. The van der Waals surface area contributed by atoms with Gasteiger partial charge < -0.3 is 15.1 Å². The van der Waals surface area contributed by atoms with Crippen molar-refractivity contribution in [1.29, 1.82) is 0 Å². The number of aliphatic imine (C=N–C) groups is 1. The van der Waals surface area contributed by atoms with Crippen LogP contribution in [0.25, 0.3) is 10.2 Å². The molecule has 0 aliphatic rings. The van der Waals surface area contributed by atoms with Gasteiger partial charge >= 0.3 is 0 Å². The van der Waals surface area contributed by atoms with E-state index in [2.05, 4.69) is 46.4 Å². The quantitative estimate of drug-likeness (QED) is 0.296. The van der Waals surface area contributed by atoms with Crippen molar-refractivity contribution in [3.05, 3.63) is 46.1 Å². The molecule has 0 amide bonds. The van der Waals surface area contributed by atoms with Crippen molar-refractivity contribution in [3.63, 3.8) is 0 Å². The Labute approximate surface area is 184 Å². The normalized spacial score (nSPS) is 12.1. The molecule has 3 rings (SSSR count). The van der Waals surface area contributed by atoms with E-state index in [1.165, 1.54) is 0 Å². The molecule has 2 aromatic heterocycles. The number of nitrogens with zero attached hydrogens (tertiary/aromatic N) is 3. The number of hydrogen-bond donors (Lipinski definition) is 2. The summed E-state index contributed by atoms with van der Waals surface area (Å²) in [6.07, 6.45) is 1.78. The number of aromatic nitrogens is 2. The Hall–Kier alpha value is -1.39. The van der Waals surface area contributed by atoms with E-state index >= 15 is 0 Å². The van der Waals surface area contributed by atoms with Gasteiger partial charge in [0.1, 0.15) is 10.8 Å². The van der Waals surface area contributed by atoms with Gasteiger partial charge in [-0.3, -0.25) is 4.99 Å². The van der Waals surface area contributed by atoms with Crippen LogP contribution in [-0.4, -0.2) is 23.0 Å². The maximum absolute atomic E-state index is 6.01. The highest BCUT2D eigenvalue weighted by atomic mass is 127. The monoisotopic (exact) mass is 519 g/mol. The molecule has 0 radical (unpaired) electrons. The average molecular weight is 520 g/mol. The molecule has 0 fully saturated rings. The van der Waals surface area contributed by atoms with Gasteiger partial charge in [0.15, 0.2) is 5.96 Å². The van der Waals surface area contributed by atoms with Crippen LogP contribution < -0.4 is 10.6 Å². The molecule has 0 aliphatic heterocycles. The number of fused-ring (bicyclic) bond motifs is 1. The first-order chi connectivity index (χ1) is 12.3. The van der Waals surface area contributed by atoms with Crippen LogP contribution in [0.1, 0.15) is 37.4 Å². The van der Waals surface area contributed by atoms with E-state index in [0.717, 1.165) is 21.0 Å². The fraction of sp³-hybridized carbons (Fsp3) is 0.389. The number of oxazole rings is 1. The van der Waals surface area contributed by atoms with Crippen LogP contribution in [0.2, 0.25) is 5.02 Å². The third-order valence-electron chi connectivity index (χ3n) is 3.72. The summed E-state index contributed by atoms with van der Waals surface area (Å²) in [5.41, 5.74) is 0.859. The minimum absolute atomic E-state index is 0. The van der Waals surface area contributed by atoms with E-state index in [4.69, 9.17) is 16.0 Å². The van der Waals surface area contributed by atoms with Crippen LogP contribution in [0.4, 0.5) is 0 Å². The average Bonchev–Trinajstić information content (AvgIpc) is 3.20. The second-order valence-electron chi connectivity index (χ2n) is 6.87. The smallest absolute Gasteiger partial charge is 0.213 e. The molecular weight excluding hydrogens is 497 g/mol. The van der Waals surface area contributed by atoms with Crippen molar-refractivity contribution >= 4 is 63.1 Å². The SMILES string of the molecule is CN=C(NCc1ncc(C(C)(C)C)o1)NCc1nc2cc(Cl)ccc2s1.I. The molecule has 0 bridgehead atoms. The topological polar surface area (TPSA) is 75.3 Å². The lowest BCUT2D eigenvalue weighted by atomic mass is 9.94. The lowest BCUT2D eigenvalue weighted by Crippen LogP contribution is -2.36. The first-order valence-corrected chi connectivity index (χ1v) is 9.49. The fourth-order valence-corrected chi connectivity index (χ4v) is 3.36. The van der Waals surface area contributed by atoms with E-state index in [1.807, 2.05) is 18.2 Å². The molecule has 0 aliphatic carbocycles. The highest BCUT2D eigenvalue weighted by Crippen LogP contribution is 2.25. The number of rotatable bonds is 4. The van der Waals surface area contributed by atoms with Crippen LogP contribution in [0, 0.1) is 0 Å². The summed E-state index contributed by atoms with van der Waals surface area (Å²) in [5.74, 6) is 2.16. The summed E-state index contributed by atoms with van der Waals surface area (Å²) in [7, 11) is 1.73. The van der Waals surface area contributed by atoms with E-state index < -0.39 is 0 Å². The lowest BCUT2D eigenvalue weighted by molar-refractivity contribution is 0.379. The van der Waals surface area contributed by atoms with Gasteiger partial charge in [-0.15, -0.1) is 35.3 Å². The Morgan fingerprint density at radius 1 is 1.26 bits per heavy atom. The molecular formula is C18H23ClIN5OS. The van der Waals surface area contributed by atoms with Gasteiger partial charge in [0.2, 0.25) is 5.89 Å². The molecule has 2 N–H and O–H groups in total. The van der Waals surface area contributed by atoms with Crippen LogP contribution in [0.3, 0.4) is 0 Å². The van der Waals surface area contributed by atoms with Crippen molar-refractivity contribution in [2.45, 2.75) is 39.3 Å². The second-order valence-corrected chi connectivity index (χ2v) is 8.42. The fourth-order valence-electron chi connectivity index (χ4n) is 2.30. The van der Waals surface area contributed by atoms with Gasteiger partial charge in [0.25, 0.3) is 0 Å². The highest BCUT2D eigenvalue weighted by Gasteiger charge is 2.19. The zero-order chi connectivity index (χ0) is 18.7. The van der Waals surface area contributed by atoms with Gasteiger partial charge in [-0.05, 0) is 18.2 Å². The van der Waals surface area contributed by atoms with Crippen molar-refractivity contribution in [3.8, 4) is 0 Å². The number of thiazole rings is 1. The van der Waals surface area contributed by atoms with Gasteiger partial charge in [-0.2, -0.15) is 0 Å². The zero-order valence-corrected chi connectivity index (χ0v) is 19.6. The third-order valence-corrected chi connectivity index (χ3v) is 5.00. The van der Waals surface area contributed by atoms with Gasteiger partial charge in [0.05, 0.1) is 29.5 Å². The number of halogens is 2. The largest absolute Gasteiger partial charge is 0.443 e. The highest BCUT2D eigenvalue weighted by molar-refractivity contribution is 14.0. The van der Waals surface area contributed by atoms with E-state index in [0.29, 0.717) is 30.0 Å². The molecule has 146 valence electrons. The first-order valence-electron chi connectivity index (χ1n) is 8.30. The Morgan fingerprint density at radius 3 is 2.67 bits per heavy atom. The molecule has 3 aromatic rings. The minimum Gasteiger partial charge on any atom is -0.443 e. The Morgan fingerprint density at radius 2 is 2.00 bits per heavy atom. The molecule has 0 atom stereocenters. The molecule has 27 heavy (non-hydrogen) atoms. The van der Waals surface area contributed by atoms with Gasteiger partial charge in [0, 0.05) is 17.5 Å². The van der Waals surface area contributed by atoms with Crippen LogP contribution in [0.15, 0.2) is 33.8 Å². The predicted octanol–water partition coefficient (Wildman–Crippen LogP) is 4.72. The second kappa shape index (κ2) is 9.20. The number of hydrogen-bond acceptors (Lipinski definition) is 5. The number of guanidine groups is 1. The van der Waals surface area contributed by atoms with E-state index in [9.17, 15) is 0 Å². The Kier molecular flexibility index (Phi) is 7.47. The maximum atomic E-state index is 6.01. The predicted molar refractivity (Wildman–Crippen MR) is 122 cm³/mol. The molecule has 0 unspecified atom stereocenters. The van der Waals surface area contributed by atoms with E-state index in [1.54, 1.807) is 24.6 Å². The van der Waals surface area contributed by atoms with Gasteiger partial charge in [-0.25, -0.2) is 9.97 Å². The van der Waals surface area contributed by atoms with Crippen molar-refractivity contribution in [2.75, 3.05) is 7.05 Å². The molecule has 0 spiro atoms. The summed E-state index contributed by atoms with van der Waals surface area (Å²) in [4.78, 5) is 13.1. The maximum Gasteiger partial charge on any atom is 0.213 e. The first kappa shape index (κ1) is 21.9.